The maximum atomic E-state index is 4.43. The van der Waals surface area contributed by atoms with Crippen molar-refractivity contribution < 1.29 is 0 Å². The number of thioether (sulfide) groups is 1. The molecule has 1 fully saturated rings. The van der Waals surface area contributed by atoms with E-state index in [2.05, 4.69) is 24.1 Å². The van der Waals surface area contributed by atoms with Crippen LogP contribution in [0.5, 0.6) is 0 Å². The molecule has 0 spiro atoms. The Morgan fingerprint density at radius 3 is 3.33 bits per heavy atom. The first-order valence-corrected chi connectivity index (χ1v) is 5.33. The lowest BCUT2D eigenvalue weighted by Gasteiger charge is -1.99. The number of rotatable bonds is 0. The molecular weight excluding hydrogens is 166 g/mol. The maximum absolute atomic E-state index is 4.43. The Morgan fingerprint density at radius 2 is 2.42 bits per heavy atom. The molecule has 12 heavy (non-hydrogen) atoms. The van der Waals surface area contributed by atoms with Gasteiger partial charge in [0, 0.05) is 11.4 Å². The maximum Gasteiger partial charge on any atom is 0.0991 e. The second-order valence-corrected chi connectivity index (χ2v) is 4.69. The highest BCUT2D eigenvalue weighted by Gasteiger charge is 2.22. The average Bonchev–Trinajstić information content (AvgIpc) is 2.32. The topological polar surface area (TPSA) is 12.4 Å². The number of fused-ring (bicyclic) bond motifs is 1. The molecule has 2 heteroatoms. The standard InChI is InChI=1S/C10H13NS/c1-8-7-9-5-3-2-4-6-11-10(9)12-8/h4-6,8H,2-3,7H2,1H3/b6-4+,9-5?,11-10?. The molecule has 0 aromatic carbocycles. The van der Waals surface area contributed by atoms with Crippen molar-refractivity contribution in [2.24, 2.45) is 4.99 Å². The van der Waals surface area contributed by atoms with Gasteiger partial charge in [-0.15, -0.1) is 11.8 Å². The van der Waals surface area contributed by atoms with Crippen LogP contribution in [-0.2, 0) is 0 Å². The quantitative estimate of drug-likeness (QED) is 0.556. The van der Waals surface area contributed by atoms with E-state index in [1.165, 1.54) is 23.5 Å². The van der Waals surface area contributed by atoms with Crippen LogP contribution in [0.15, 0.2) is 28.9 Å². The second-order valence-electron chi connectivity index (χ2n) is 3.26. The SMILES string of the molecule is CC1CC2=CCC/C=C/N=C2S1. The molecule has 2 aliphatic heterocycles. The molecular formula is C10H13NS. The molecule has 0 saturated carbocycles. The summed E-state index contributed by atoms with van der Waals surface area (Å²) in [5.74, 6) is 0. The summed E-state index contributed by atoms with van der Waals surface area (Å²) < 4.78 is 0. The number of allylic oxidation sites excluding steroid dienone is 2. The van der Waals surface area contributed by atoms with Gasteiger partial charge in [-0.3, -0.25) is 4.99 Å². The van der Waals surface area contributed by atoms with Gasteiger partial charge in [0.1, 0.15) is 0 Å². The van der Waals surface area contributed by atoms with Crippen LogP contribution in [0.2, 0.25) is 0 Å². The van der Waals surface area contributed by atoms with Gasteiger partial charge in [0.15, 0.2) is 0 Å². The Labute approximate surface area is 77.7 Å². The van der Waals surface area contributed by atoms with E-state index in [-0.39, 0.29) is 0 Å². The van der Waals surface area contributed by atoms with Crippen molar-refractivity contribution in [3.05, 3.63) is 23.9 Å². The summed E-state index contributed by atoms with van der Waals surface area (Å²) in [4.78, 5) is 4.43. The van der Waals surface area contributed by atoms with Crippen molar-refractivity contribution in [3.8, 4) is 0 Å². The molecule has 2 rings (SSSR count). The first-order valence-electron chi connectivity index (χ1n) is 4.45. The zero-order valence-electron chi connectivity index (χ0n) is 7.29. The average molecular weight is 179 g/mol. The van der Waals surface area contributed by atoms with Gasteiger partial charge >= 0.3 is 0 Å². The van der Waals surface area contributed by atoms with Gasteiger partial charge in [-0.25, -0.2) is 0 Å². The molecule has 0 aromatic heterocycles. The number of hydrogen-bond acceptors (Lipinski definition) is 2. The van der Waals surface area contributed by atoms with Gasteiger partial charge in [-0.1, -0.05) is 19.1 Å². The zero-order valence-corrected chi connectivity index (χ0v) is 8.10. The fourth-order valence-corrected chi connectivity index (χ4v) is 2.62. The normalized spacial score (nSPS) is 31.2. The minimum Gasteiger partial charge on any atom is -0.250 e. The third kappa shape index (κ3) is 1.63. The molecule has 2 heterocycles. The highest BCUT2D eigenvalue weighted by Crippen LogP contribution is 2.34. The minimum atomic E-state index is 0.724. The summed E-state index contributed by atoms with van der Waals surface area (Å²) in [5, 5.41) is 1.97. The first kappa shape index (κ1) is 8.11. The Morgan fingerprint density at radius 1 is 1.50 bits per heavy atom. The van der Waals surface area contributed by atoms with Crippen LogP contribution in [0, 0.1) is 0 Å². The van der Waals surface area contributed by atoms with E-state index in [1.54, 1.807) is 0 Å². The van der Waals surface area contributed by atoms with E-state index < -0.39 is 0 Å². The highest BCUT2D eigenvalue weighted by atomic mass is 32.2. The van der Waals surface area contributed by atoms with Crippen LogP contribution in [0.3, 0.4) is 0 Å². The third-order valence-corrected chi connectivity index (χ3v) is 3.28. The van der Waals surface area contributed by atoms with E-state index in [4.69, 9.17) is 0 Å². The number of aliphatic imine (C=N–C) groups is 1. The molecule has 1 saturated heterocycles. The minimum absolute atomic E-state index is 0.724. The summed E-state index contributed by atoms with van der Waals surface area (Å²) >= 11 is 1.90. The van der Waals surface area contributed by atoms with Gasteiger partial charge in [0.25, 0.3) is 0 Å². The summed E-state index contributed by atoms with van der Waals surface area (Å²) in [6.45, 7) is 2.27. The van der Waals surface area contributed by atoms with Crippen LogP contribution in [0.4, 0.5) is 0 Å². The van der Waals surface area contributed by atoms with Gasteiger partial charge in [0.2, 0.25) is 0 Å². The van der Waals surface area contributed by atoms with Gasteiger partial charge in [-0.05, 0) is 24.8 Å². The Balaban J connectivity index is 2.27. The highest BCUT2D eigenvalue weighted by molar-refractivity contribution is 8.15. The first-order chi connectivity index (χ1) is 5.86. The molecule has 0 amide bonds. The molecule has 0 aromatic rings. The zero-order chi connectivity index (χ0) is 8.39. The second kappa shape index (κ2) is 3.48. The molecule has 0 aliphatic carbocycles. The van der Waals surface area contributed by atoms with E-state index in [1.807, 2.05) is 18.0 Å². The Kier molecular flexibility index (Phi) is 2.35. The van der Waals surface area contributed by atoms with Crippen LogP contribution in [0.25, 0.3) is 0 Å². The molecule has 2 aliphatic rings. The van der Waals surface area contributed by atoms with Crippen molar-refractivity contribution in [3.63, 3.8) is 0 Å². The van der Waals surface area contributed by atoms with Crippen molar-refractivity contribution in [1.29, 1.82) is 0 Å². The van der Waals surface area contributed by atoms with Crippen molar-refractivity contribution in [2.75, 3.05) is 0 Å². The van der Waals surface area contributed by atoms with Gasteiger partial charge < -0.3 is 0 Å². The molecule has 1 atom stereocenters. The third-order valence-electron chi connectivity index (χ3n) is 2.12. The van der Waals surface area contributed by atoms with Crippen molar-refractivity contribution >= 4 is 16.8 Å². The van der Waals surface area contributed by atoms with Gasteiger partial charge in [0.05, 0.1) is 5.04 Å². The monoisotopic (exact) mass is 179 g/mol. The van der Waals surface area contributed by atoms with E-state index in [9.17, 15) is 0 Å². The molecule has 0 radical (unpaired) electrons. The smallest absolute Gasteiger partial charge is 0.0991 e. The molecule has 1 unspecified atom stereocenters. The number of nitrogens with zero attached hydrogens (tertiary/aromatic N) is 1. The van der Waals surface area contributed by atoms with Crippen molar-refractivity contribution in [2.45, 2.75) is 31.4 Å². The Hall–Kier alpha value is -0.500. The summed E-state index contributed by atoms with van der Waals surface area (Å²) in [5.41, 5.74) is 1.47. The van der Waals surface area contributed by atoms with E-state index in [0.717, 1.165) is 11.7 Å². The predicted octanol–water partition coefficient (Wildman–Crippen LogP) is 3.14. The lowest BCUT2D eigenvalue weighted by Crippen LogP contribution is -1.90. The summed E-state index contributed by atoms with van der Waals surface area (Å²) in [7, 11) is 0. The van der Waals surface area contributed by atoms with Crippen LogP contribution in [-0.4, -0.2) is 10.3 Å². The fraction of sp³-hybridized carbons (Fsp3) is 0.500. The molecule has 1 nitrogen and oxygen atoms in total. The van der Waals surface area contributed by atoms with Crippen LogP contribution < -0.4 is 0 Å². The van der Waals surface area contributed by atoms with Crippen LogP contribution >= 0.6 is 11.8 Å². The van der Waals surface area contributed by atoms with E-state index >= 15 is 0 Å². The Bertz CT molecular complexity index is 263. The summed E-state index contributed by atoms with van der Waals surface area (Å²) in [6.07, 6.45) is 9.96. The van der Waals surface area contributed by atoms with E-state index in [0.29, 0.717) is 0 Å². The molecule has 64 valence electrons. The van der Waals surface area contributed by atoms with Crippen LogP contribution in [0.1, 0.15) is 26.2 Å². The molecule has 0 N–H and O–H groups in total. The molecule has 0 bridgehead atoms. The largest absolute Gasteiger partial charge is 0.250 e. The lowest BCUT2D eigenvalue weighted by atomic mass is 10.1. The summed E-state index contributed by atoms with van der Waals surface area (Å²) in [6, 6.07) is 0. The van der Waals surface area contributed by atoms with Gasteiger partial charge in [-0.2, -0.15) is 0 Å². The van der Waals surface area contributed by atoms with Crippen molar-refractivity contribution in [1.82, 2.24) is 0 Å². The lowest BCUT2D eigenvalue weighted by molar-refractivity contribution is 0.955. The number of hydrogen-bond donors (Lipinski definition) is 0. The fourth-order valence-electron chi connectivity index (χ4n) is 1.54. The predicted molar refractivity (Wildman–Crippen MR) is 55.6 cm³/mol.